The summed E-state index contributed by atoms with van der Waals surface area (Å²) in [5, 5.41) is 6.37. The van der Waals surface area contributed by atoms with Crippen molar-refractivity contribution < 1.29 is 4.79 Å². The summed E-state index contributed by atoms with van der Waals surface area (Å²) in [7, 11) is 1.86. The van der Waals surface area contributed by atoms with E-state index in [1.165, 1.54) is 0 Å². The van der Waals surface area contributed by atoms with Crippen LogP contribution in [0.1, 0.15) is 30.3 Å². The molecule has 1 saturated heterocycles. The van der Waals surface area contributed by atoms with Crippen LogP contribution in [0.3, 0.4) is 0 Å². The molecule has 0 saturated carbocycles. The fourth-order valence-electron chi connectivity index (χ4n) is 2.27. The molecule has 1 aromatic heterocycles. The largest absolute Gasteiger partial charge is 0.348 e. The van der Waals surface area contributed by atoms with Crippen LogP contribution < -0.4 is 10.6 Å². The van der Waals surface area contributed by atoms with Gasteiger partial charge in [0.15, 0.2) is 0 Å². The quantitative estimate of drug-likeness (QED) is 0.805. The van der Waals surface area contributed by atoms with E-state index in [9.17, 15) is 4.79 Å². The number of nitrogens with zero attached hydrogens (tertiary/aromatic N) is 2. The van der Waals surface area contributed by atoms with Crippen LogP contribution in [0.15, 0.2) is 12.5 Å². The van der Waals surface area contributed by atoms with E-state index in [-0.39, 0.29) is 11.9 Å². The highest BCUT2D eigenvalue weighted by atomic mass is 16.2. The molecular formula is C12H20N4O. The van der Waals surface area contributed by atoms with Crippen molar-refractivity contribution in [3.05, 3.63) is 18.2 Å². The van der Waals surface area contributed by atoms with Gasteiger partial charge in [-0.05, 0) is 38.8 Å². The lowest BCUT2D eigenvalue weighted by Gasteiger charge is -2.28. The van der Waals surface area contributed by atoms with E-state index in [1.807, 2.05) is 7.05 Å². The first kappa shape index (κ1) is 12.1. The van der Waals surface area contributed by atoms with Gasteiger partial charge in [-0.2, -0.15) is 0 Å². The van der Waals surface area contributed by atoms with Crippen molar-refractivity contribution in [3.8, 4) is 0 Å². The summed E-state index contributed by atoms with van der Waals surface area (Å²) < 4.78 is 1.78. The minimum Gasteiger partial charge on any atom is -0.348 e. The predicted molar refractivity (Wildman–Crippen MR) is 65.7 cm³/mol. The molecule has 1 aliphatic rings. The first-order valence-electron chi connectivity index (χ1n) is 6.16. The fraction of sp³-hybridized carbons (Fsp3) is 0.667. The normalized spacial score (nSPS) is 18.9. The average Bonchev–Trinajstić information content (AvgIpc) is 2.77. The Bertz CT molecular complexity index is 382. The van der Waals surface area contributed by atoms with Crippen LogP contribution in [0.5, 0.6) is 0 Å². The van der Waals surface area contributed by atoms with E-state index < -0.39 is 0 Å². The SMILES string of the molecule is CC(NC(=O)c1cn(C)cn1)C1CCNCC1. The maximum absolute atomic E-state index is 11.9. The van der Waals surface area contributed by atoms with Gasteiger partial charge in [-0.15, -0.1) is 0 Å². The van der Waals surface area contributed by atoms with Gasteiger partial charge in [0.1, 0.15) is 5.69 Å². The molecule has 1 fully saturated rings. The monoisotopic (exact) mass is 236 g/mol. The maximum Gasteiger partial charge on any atom is 0.271 e. The summed E-state index contributed by atoms with van der Waals surface area (Å²) in [5.41, 5.74) is 0.494. The molecule has 2 heterocycles. The third-order valence-corrected chi connectivity index (χ3v) is 3.39. The highest BCUT2D eigenvalue weighted by Crippen LogP contribution is 2.16. The Morgan fingerprint density at radius 1 is 1.59 bits per heavy atom. The molecule has 17 heavy (non-hydrogen) atoms. The molecule has 0 radical (unpaired) electrons. The molecule has 0 aromatic carbocycles. The number of carbonyl (C=O) groups excluding carboxylic acids is 1. The van der Waals surface area contributed by atoms with Gasteiger partial charge in [-0.3, -0.25) is 4.79 Å². The summed E-state index contributed by atoms with van der Waals surface area (Å²) in [4.78, 5) is 16.0. The third kappa shape index (κ3) is 3.06. The van der Waals surface area contributed by atoms with E-state index >= 15 is 0 Å². The Labute approximate surface area is 102 Å². The summed E-state index contributed by atoms with van der Waals surface area (Å²) in [5.74, 6) is 0.501. The number of amides is 1. The molecule has 0 bridgehead atoms. The Balaban J connectivity index is 1.89. The zero-order chi connectivity index (χ0) is 12.3. The summed E-state index contributed by atoms with van der Waals surface area (Å²) in [6, 6.07) is 0.214. The minimum atomic E-state index is -0.0726. The van der Waals surface area contributed by atoms with Crippen molar-refractivity contribution >= 4 is 5.91 Å². The molecule has 1 aliphatic heterocycles. The first-order valence-corrected chi connectivity index (χ1v) is 6.16. The second kappa shape index (κ2) is 5.31. The Morgan fingerprint density at radius 2 is 2.29 bits per heavy atom. The van der Waals surface area contributed by atoms with Crippen molar-refractivity contribution in [1.29, 1.82) is 0 Å². The standard InChI is InChI=1S/C12H20N4O/c1-9(10-3-5-13-6-4-10)15-12(17)11-7-16(2)8-14-11/h7-10,13H,3-6H2,1-2H3,(H,15,17). The average molecular weight is 236 g/mol. The van der Waals surface area contributed by atoms with Crippen molar-refractivity contribution in [1.82, 2.24) is 20.2 Å². The second-order valence-corrected chi connectivity index (χ2v) is 4.77. The molecule has 1 amide bonds. The zero-order valence-electron chi connectivity index (χ0n) is 10.4. The summed E-state index contributed by atoms with van der Waals surface area (Å²) in [6.07, 6.45) is 5.64. The number of imidazole rings is 1. The van der Waals surface area contributed by atoms with E-state index in [0.29, 0.717) is 11.6 Å². The number of hydrogen-bond donors (Lipinski definition) is 2. The summed E-state index contributed by atoms with van der Waals surface area (Å²) >= 11 is 0. The first-order chi connectivity index (χ1) is 8.16. The molecule has 94 valence electrons. The zero-order valence-corrected chi connectivity index (χ0v) is 10.4. The van der Waals surface area contributed by atoms with Gasteiger partial charge < -0.3 is 15.2 Å². The maximum atomic E-state index is 11.9. The van der Waals surface area contributed by atoms with Gasteiger partial charge in [0.05, 0.1) is 6.33 Å². The fourth-order valence-corrected chi connectivity index (χ4v) is 2.27. The number of nitrogens with one attached hydrogen (secondary N) is 2. The molecule has 5 nitrogen and oxygen atoms in total. The number of carbonyl (C=O) groups is 1. The molecule has 5 heteroatoms. The van der Waals surface area contributed by atoms with Crippen molar-refractivity contribution in [2.45, 2.75) is 25.8 Å². The van der Waals surface area contributed by atoms with Crippen LogP contribution >= 0.6 is 0 Å². The third-order valence-electron chi connectivity index (χ3n) is 3.39. The van der Waals surface area contributed by atoms with Crippen molar-refractivity contribution in [3.63, 3.8) is 0 Å². The Hall–Kier alpha value is -1.36. The Kier molecular flexibility index (Phi) is 3.78. The molecule has 1 aromatic rings. The number of hydrogen-bond acceptors (Lipinski definition) is 3. The van der Waals surface area contributed by atoms with Gasteiger partial charge >= 0.3 is 0 Å². The van der Waals surface area contributed by atoms with E-state index in [1.54, 1.807) is 17.1 Å². The van der Waals surface area contributed by atoms with Crippen molar-refractivity contribution in [2.24, 2.45) is 13.0 Å². The molecular weight excluding hydrogens is 216 g/mol. The molecule has 2 rings (SSSR count). The summed E-state index contributed by atoms with van der Waals surface area (Å²) in [6.45, 7) is 4.18. The van der Waals surface area contributed by atoms with Gasteiger partial charge in [0, 0.05) is 19.3 Å². The van der Waals surface area contributed by atoms with E-state index in [2.05, 4.69) is 22.5 Å². The van der Waals surface area contributed by atoms with Crippen LogP contribution in [0, 0.1) is 5.92 Å². The number of aryl methyl sites for hydroxylation is 1. The van der Waals surface area contributed by atoms with Gasteiger partial charge in [-0.1, -0.05) is 0 Å². The Morgan fingerprint density at radius 3 is 2.88 bits per heavy atom. The predicted octanol–water partition coefficient (Wildman–Crippen LogP) is 0.538. The number of piperidine rings is 1. The smallest absolute Gasteiger partial charge is 0.271 e. The van der Waals surface area contributed by atoms with Gasteiger partial charge in [-0.25, -0.2) is 4.98 Å². The van der Waals surface area contributed by atoms with Crippen LogP contribution in [-0.4, -0.2) is 34.6 Å². The lowest BCUT2D eigenvalue weighted by Crippen LogP contribution is -2.42. The van der Waals surface area contributed by atoms with Crippen molar-refractivity contribution in [2.75, 3.05) is 13.1 Å². The number of aromatic nitrogens is 2. The van der Waals surface area contributed by atoms with Crippen LogP contribution in [0.2, 0.25) is 0 Å². The molecule has 0 aliphatic carbocycles. The lowest BCUT2D eigenvalue weighted by molar-refractivity contribution is 0.0916. The lowest BCUT2D eigenvalue weighted by atomic mass is 9.91. The van der Waals surface area contributed by atoms with Gasteiger partial charge in [0.2, 0.25) is 0 Å². The molecule has 1 atom stereocenters. The highest BCUT2D eigenvalue weighted by molar-refractivity contribution is 5.92. The molecule has 1 unspecified atom stereocenters. The second-order valence-electron chi connectivity index (χ2n) is 4.77. The number of rotatable bonds is 3. The van der Waals surface area contributed by atoms with E-state index in [0.717, 1.165) is 25.9 Å². The minimum absolute atomic E-state index is 0.0726. The molecule has 0 spiro atoms. The topological polar surface area (TPSA) is 59.0 Å². The highest BCUT2D eigenvalue weighted by Gasteiger charge is 2.22. The molecule has 2 N–H and O–H groups in total. The van der Waals surface area contributed by atoms with Crippen LogP contribution in [0.4, 0.5) is 0 Å². The van der Waals surface area contributed by atoms with Crippen LogP contribution in [-0.2, 0) is 7.05 Å². The van der Waals surface area contributed by atoms with Gasteiger partial charge in [0.25, 0.3) is 5.91 Å². The van der Waals surface area contributed by atoms with Crippen LogP contribution in [0.25, 0.3) is 0 Å². The van der Waals surface area contributed by atoms with E-state index in [4.69, 9.17) is 0 Å².